The fourth-order valence-electron chi connectivity index (χ4n) is 5.55. The van der Waals surface area contributed by atoms with Crippen LogP contribution in [0.25, 0.3) is 10.8 Å². The molecule has 0 radical (unpaired) electrons. The fourth-order valence-corrected chi connectivity index (χ4v) is 5.77. The van der Waals surface area contributed by atoms with Crippen LogP contribution in [-0.2, 0) is 24.2 Å². The number of nitrogens with zero attached hydrogens (tertiary/aromatic N) is 6. The number of hydrogen-bond donors (Lipinski definition) is 1. The first-order valence-electron chi connectivity index (χ1n) is 13.8. The number of benzene rings is 2. The number of piperazine rings is 1. The average Bonchev–Trinajstić information content (AvgIpc) is 3.02. The Morgan fingerprint density at radius 1 is 1.02 bits per heavy atom. The molecule has 10 heteroatoms. The van der Waals surface area contributed by atoms with Crippen molar-refractivity contribution in [1.82, 2.24) is 19.9 Å². The van der Waals surface area contributed by atoms with E-state index in [-0.39, 0.29) is 11.7 Å². The van der Waals surface area contributed by atoms with Gasteiger partial charge in [-0.1, -0.05) is 48.5 Å². The number of amides is 1. The van der Waals surface area contributed by atoms with Crippen molar-refractivity contribution in [2.75, 3.05) is 49.1 Å². The number of aromatic nitrogens is 3. The Labute approximate surface area is 243 Å². The lowest BCUT2D eigenvalue weighted by Crippen LogP contribution is -2.49. The van der Waals surface area contributed by atoms with Gasteiger partial charge >= 0.3 is 6.01 Å². The van der Waals surface area contributed by atoms with Crippen molar-refractivity contribution >= 4 is 39.8 Å². The first-order valence-corrected chi connectivity index (χ1v) is 14.1. The first kappa shape index (κ1) is 26.8. The highest BCUT2D eigenvalue weighted by Gasteiger charge is 2.29. The van der Waals surface area contributed by atoms with Crippen molar-refractivity contribution in [2.45, 2.75) is 19.4 Å². The van der Waals surface area contributed by atoms with Gasteiger partial charge in [0.1, 0.15) is 11.6 Å². The third-order valence-electron chi connectivity index (χ3n) is 7.68. The number of anilines is 2. The number of rotatable bonds is 7. The van der Waals surface area contributed by atoms with E-state index >= 15 is 0 Å². The number of aromatic hydroxyl groups is 1. The third kappa shape index (κ3) is 5.50. The van der Waals surface area contributed by atoms with Gasteiger partial charge in [0, 0.05) is 79.1 Å². The summed E-state index contributed by atoms with van der Waals surface area (Å²) in [6.45, 7) is 7.80. The maximum Gasteiger partial charge on any atom is 0.318 e. The van der Waals surface area contributed by atoms with Gasteiger partial charge in [0.25, 0.3) is 0 Å². The van der Waals surface area contributed by atoms with Crippen molar-refractivity contribution in [3.8, 4) is 11.8 Å². The molecule has 6 rings (SSSR count). The van der Waals surface area contributed by atoms with Gasteiger partial charge in [-0.3, -0.25) is 9.78 Å². The summed E-state index contributed by atoms with van der Waals surface area (Å²) < 4.78 is 6.09. The molecule has 4 heterocycles. The van der Waals surface area contributed by atoms with E-state index < -0.39 is 0 Å². The Morgan fingerprint density at radius 3 is 2.56 bits per heavy atom. The van der Waals surface area contributed by atoms with Crippen LogP contribution in [0.5, 0.6) is 11.8 Å². The molecule has 1 fully saturated rings. The summed E-state index contributed by atoms with van der Waals surface area (Å²) in [7, 11) is 0. The van der Waals surface area contributed by atoms with Gasteiger partial charge < -0.3 is 24.5 Å². The molecule has 0 unspecified atom stereocenters. The second kappa shape index (κ2) is 11.6. The second-order valence-corrected chi connectivity index (χ2v) is 10.5. The van der Waals surface area contributed by atoms with Crippen LogP contribution in [0.3, 0.4) is 0 Å². The Bertz CT molecular complexity index is 1590. The summed E-state index contributed by atoms with van der Waals surface area (Å²) in [6.07, 6.45) is 4.50. The number of carbonyl (C=O) groups excluding carboxylic acids is 1. The predicted molar refractivity (Wildman–Crippen MR) is 160 cm³/mol. The third-order valence-corrected chi connectivity index (χ3v) is 8.08. The van der Waals surface area contributed by atoms with E-state index in [1.165, 1.54) is 6.08 Å². The molecule has 2 aromatic carbocycles. The monoisotopic (exact) mass is 570 g/mol. The van der Waals surface area contributed by atoms with Crippen LogP contribution in [0.4, 0.5) is 11.5 Å². The molecule has 1 saturated heterocycles. The lowest BCUT2D eigenvalue weighted by molar-refractivity contribution is -0.126. The molecule has 1 amide bonds. The average molecular weight is 571 g/mol. The highest BCUT2D eigenvalue weighted by Crippen LogP contribution is 2.41. The van der Waals surface area contributed by atoms with E-state index in [9.17, 15) is 9.90 Å². The summed E-state index contributed by atoms with van der Waals surface area (Å²) in [5, 5.41) is 12.7. The largest absolute Gasteiger partial charge is 0.506 e. The van der Waals surface area contributed by atoms with Crippen molar-refractivity contribution in [3.05, 3.63) is 89.4 Å². The van der Waals surface area contributed by atoms with E-state index in [0.29, 0.717) is 56.8 Å². The quantitative estimate of drug-likeness (QED) is 0.327. The maximum atomic E-state index is 12.1. The van der Waals surface area contributed by atoms with Crippen LogP contribution in [0, 0.1) is 0 Å². The fraction of sp³-hybridized carbons (Fsp3) is 0.290. The maximum absolute atomic E-state index is 12.1. The number of hydrogen-bond acceptors (Lipinski definition) is 8. The van der Waals surface area contributed by atoms with Crippen molar-refractivity contribution in [3.63, 3.8) is 0 Å². The lowest BCUT2D eigenvalue weighted by Gasteiger charge is -2.38. The Balaban J connectivity index is 1.31. The number of fused-ring (bicyclic) bond motifs is 2. The number of carbonyl (C=O) groups is 1. The molecule has 9 nitrogen and oxygen atoms in total. The van der Waals surface area contributed by atoms with Crippen molar-refractivity contribution in [1.29, 1.82) is 0 Å². The second-order valence-electron chi connectivity index (χ2n) is 10.1. The minimum absolute atomic E-state index is 0.0537. The minimum Gasteiger partial charge on any atom is -0.506 e. The van der Waals surface area contributed by atoms with Crippen molar-refractivity contribution in [2.24, 2.45) is 0 Å². The van der Waals surface area contributed by atoms with Gasteiger partial charge in [-0.05, 0) is 24.6 Å². The highest BCUT2D eigenvalue weighted by atomic mass is 35.5. The number of phenolic OH excluding ortho intramolecular Hbond substituents is 1. The molecular weight excluding hydrogens is 540 g/mol. The Hall–Kier alpha value is -4.37. The molecule has 0 bridgehead atoms. The zero-order valence-corrected chi connectivity index (χ0v) is 23.4. The van der Waals surface area contributed by atoms with E-state index in [4.69, 9.17) is 26.3 Å². The highest BCUT2D eigenvalue weighted by molar-refractivity contribution is 6.37. The zero-order chi connectivity index (χ0) is 28.3. The summed E-state index contributed by atoms with van der Waals surface area (Å²) in [6, 6.07) is 15.7. The zero-order valence-electron chi connectivity index (χ0n) is 22.7. The molecule has 0 saturated carbocycles. The Morgan fingerprint density at radius 2 is 1.80 bits per heavy atom. The molecular formula is C31H31ClN6O3. The standard InChI is InChI=1S/C31H31ClN6O3/c1-2-28(40)36-14-16-37(17-15-36)30-24-10-13-38(26-19-27(39)29(32)23-9-4-3-8-22(23)26)20-25(24)34-31(35-30)41-18-11-21-7-5-6-12-33-21/h2-9,12,19,39H,1,10-11,13-18,20H2. The Kier molecular flexibility index (Phi) is 7.61. The van der Waals surface area contributed by atoms with Crippen LogP contribution in [0.15, 0.2) is 67.4 Å². The first-order chi connectivity index (χ1) is 20.0. The van der Waals surface area contributed by atoms with Gasteiger partial charge in [-0.2, -0.15) is 9.97 Å². The lowest BCUT2D eigenvalue weighted by atomic mass is 10.0. The molecule has 0 spiro atoms. The SMILES string of the molecule is C=CC(=O)N1CCN(c2nc(OCCc3ccccn3)nc3c2CCN(c2cc(O)c(Cl)c4ccccc24)C3)CC1. The molecule has 0 aliphatic carbocycles. The summed E-state index contributed by atoms with van der Waals surface area (Å²) in [5.41, 5.74) is 3.82. The van der Waals surface area contributed by atoms with Crippen molar-refractivity contribution < 1.29 is 14.6 Å². The van der Waals surface area contributed by atoms with E-state index in [2.05, 4.69) is 21.4 Å². The molecule has 4 aromatic rings. The number of pyridine rings is 1. The van der Waals surface area contributed by atoms with E-state index in [1.807, 2.05) is 42.5 Å². The van der Waals surface area contributed by atoms with Gasteiger partial charge in [0.05, 0.1) is 23.9 Å². The summed E-state index contributed by atoms with van der Waals surface area (Å²) in [4.78, 5) is 32.5. The molecule has 41 heavy (non-hydrogen) atoms. The molecule has 2 aliphatic rings. The normalized spacial score (nSPS) is 15.1. The summed E-state index contributed by atoms with van der Waals surface area (Å²) in [5.74, 6) is 0.860. The number of halogens is 1. The number of phenols is 1. The van der Waals surface area contributed by atoms with Gasteiger partial charge in [0.2, 0.25) is 5.91 Å². The van der Waals surface area contributed by atoms with Crippen LogP contribution >= 0.6 is 11.6 Å². The van der Waals surface area contributed by atoms with Crippen LogP contribution in [0.1, 0.15) is 17.0 Å². The smallest absolute Gasteiger partial charge is 0.318 e. The number of ether oxygens (including phenoxy) is 1. The van der Waals surface area contributed by atoms with Crippen LogP contribution in [0.2, 0.25) is 5.02 Å². The van der Waals surface area contributed by atoms with Gasteiger partial charge in [0.15, 0.2) is 0 Å². The molecule has 2 aromatic heterocycles. The van der Waals surface area contributed by atoms with Gasteiger partial charge in [-0.25, -0.2) is 0 Å². The van der Waals surface area contributed by atoms with E-state index in [0.717, 1.165) is 52.2 Å². The molecule has 0 atom stereocenters. The predicted octanol–water partition coefficient (Wildman–Crippen LogP) is 4.40. The molecule has 210 valence electrons. The molecule has 2 aliphatic heterocycles. The van der Waals surface area contributed by atoms with Crippen LogP contribution < -0.4 is 14.5 Å². The van der Waals surface area contributed by atoms with E-state index in [1.54, 1.807) is 17.2 Å². The van der Waals surface area contributed by atoms with Crippen LogP contribution in [-0.4, -0.2) is 70.2 Å². The summed E-state index contributed by atoms with van der Waals surface area (Å²) >= 11 is 6.43. The molecule has 1 N–H and O–H groups in total. The minimum atomic E-state index is -0.0537. The van der Waals surface area contributed by atoms with Gasteiger partial charge in [-0.15, -0.1) is 0 Å². The topological polar surface area (TPSA) is 94.9 Å².